The van der Waals surface area contributed by atoms with E-state index < -0.39 is 17.2 Å². The predicted molar refractivity (Wildman–Crippen MR) is 116 cm³/mol. The lowest BCUT2D eigenvalue weighted by molar-refractivity contribution is 0.0600. The van der Waals surface area contributed by atoms with Gasteiger partial charge >= 0.3 is 11.7 Å². The third-order valence-electron chi connectivity index (χ3n) is 4.82. The molecule has 1 heterocycles. The molecule has 0 radical (unpaired) electrons. The van der Waals surface area contributed by atoms with Crippen molar-refractivity contribution in [2.24, 2.45) is 0 Å². The highest BCUT2D eigenvalue weighted by atomic mass is 16.5. The summed E-state index contributed by atoms with van der Waals surface area (Å²) in [6.45, 7) is 2.93. The molecule has 8 nitrogen and oxygen atoms in total. The van der Waals surface area contributed by atoms with E-state index in [2.05, 4.69) is 4.98 Å². The fourth-order valence-corrected chi connectivity index (χ4v) is 3.29. The second-order valence-electron chi connectivity index (χ2n) is 6.77. The second kappa shape index (κ2) is 9.13. The van der Waals surface area contributed by atoms with Gasteiger partial charge in [-0.2, -0.15) is 0 Å². The molecule has 156 valence electrons. The second-order valence-corrected chi connectivity index (χ2v) is 6.77. The van der Waals surface area contributed by atoms with Gasteiger partial charge in [0.2, 0.25) is 0 Å². The first-order valence-electron chi connectivity index (χ1n) is 9.53. The number of hydrogen-bond donors (Lipinski definition) is 2. The molecular formula is C22H24N4O4. The predicted octanol–water partition coefficient (Wildman–Crippen LogP) is 1.98. The average molecular weight is 408 g/mol. The number of hydrogen-bond acceptors (Lipinski definition) is 6. The van der Waals surface area contributed by atoms with Crippen molar-refractivity contribution in [3.63, 3.8) is 0 Å². The van der Waals surface area contributed by atoms with Crippen molar-refractivity contribution >= 4 is 17.5 Å². The van der Waals surface area contributed by atoms with E-state index in [0.717, 1.165) is 11.1 Å². The van der Waals surface area contributed by atoms with Crippen molar-refractivity contribution < 1.29 is 9.53 Å². The number of benzene rings is 2. The molecule has 0 fully saturated rings. The van der Waals surface area contributed by atoms with Gasteiger partial charge in [-0.25, -0.2) is 9.59 Å². The highest BCUT2D eigenvalue weighted by Gasteiger charge is 2.19. The summed E-state index contributed by atoms with van der Waals surface area (Å²) in [5.74, 6) is -0.341. The van der Waals surface area contributed by atoms with E-state index in [1.54, 1.807) is 23.1 Å². The molecule has 0 bridgehead atoms. The minimum atomic E-state index is -0.561. The van der Waals surface area contributed by atoms with E-state index in [9.17, 15) is 14.4 Å². The summed E-state index contributed by atoms with van der Waals surface area (Å²) >= 11 is 0. The lowest BCUT2D eigenvalue weighted by Gasteiger charge is -2.25. The Labute approximate surface area is 173 Å². The molecule has 8 heteroatoms. The molecular weight excluding hydrogens is 384 g/mol. The SMILES string of the molecule is CCN(Cc1cccc(C(=O)OC)c1)c1c(N)n(Cc2ccccc2)c(=O)[nH]c1=O. The maximum Gasteiger partial charge on any atom is 0.337 e. The molecule has 0 saturated carbocycles. The lowest BCUT2D eigenvalue weighted by Crippen LogP contribution is -2.38. The summed E-state index contributed by atoms with van der Waals surface area (Å²) < 4.78 is 6.11. The van der Waals surface area contributed by atoms with Crippen molar-refractivity contribution in [2.75, 3.05) is 24.3 Å². The minimum Gasteiger partial charge on any atom is -0.465 e. The maximum atomic E-state index is 12.6. The lowest BCUT2D eigenvalue weighted by atomic mass is 10.1. The third-order valence-corrected chi connectivity index (χ3v) is 4.82. The smallest absolute Gasteiger partial charge is 0.337 e. The first-order valence-corrected chi connectivity index (χ1v) is 9.53. The van der Waals surface area contributed by atoms with Crippen LogP contribution in [-0.4, -0.2) is 29.2 Å². The van der Waals surface area contributed by atoms with Crippen LogP contribution < -0.4 is 21.9 Å². The number of aromatic nitrogens is 2. The van der Waals surface area contributed by atoms with Crippen molar-refractivity contribution in [2.45, 2.75) is 20.0 Å². The summed E-state index contributed by atoms with van der Waals surface area (Å²) in [7, 11) is 1.32. The summed E-state index contributed by atoms with van der Waals surface area (Å²) in [6.07, 6.45) is 0. The van der Waals surface area contributed by atoms with Crippen LogP contribution in [0.4, 0.5) is 11.5 Å². The van der Waals surface area contributed by atoms with Gasteiger partial charge in [-0.05, 0) is 30.2 Å². The fraction of sp³-hybridized carbons (Fsp3) is 0.227. The molecule has 0 saturated heterocycles. The largest absolute Gasteiger partial charge is 0.465 e. The number of nitrogens with one attached hydrogen (secondary N) is 1. The molecule has 30 heavy (non-hydrogen) atoms. The Hall–Kier alpha value is -3.81. The van der Waals surface area contributed by atoms with Crippen LogP contribution in [0.5, 0.6) is 0 Å². The van der Waals surface area contributed by atoms with Crippen LogP contribution in [0.25, 0.3) is 0 Å². The van der Waals surface area contributed by atoms with Crippen LogP contribution in [-0.2, 0) is 17.8 Å². The van der Waals surface area contributed by atoms with Gasteiger partial charge in [-0.1, -0.05) is 42.5 Å². The van der Waals surface area contributed by atoms with Gasteiger partial charge in [0.15, 0.2) is 0 Å². The topological polar surface area (TPSA) is 110 Å². The first kappa shape index (κ1) is 20.9. The molecule has 3 rings (SSSR count). The van der Waals surface area contributed by atoms with E-state index in [4.69, 9.17) is 10.5 Å². The monoisotopic (exact) mass is 408 g/mol. The number of nitrogen functional groups attached to an aromatic ring is 1. The van der Waals surface area contributed by atoms with Crippen LogP contribution >= 0.6 is 0 Å². The van der Waals surface area contributed by atoms with Crippen LogP contribution in [0.2, 0.25) is 0 Å². The molecule has 0 spiro atoms. The fourth-order valence-electron chi connectivity index (χ4n) is 3.29. The van der Waals surface area contributed by atoms with Crippen molar-refractivity contribution in [3.8, 4) is 0 Å². The molecule has 1 aromatic heterocycles. The number of H-pyrrole nitrogens is 1. The molecule has 3 aromatic rings. The number of rotatable bonds is 7. The van der Waals surface area contributed by atoms with E-state index in [1.807, 2.05) is 43.3 Å². The summed E-state index contributed by atoms with van der Waals surface area (Å²) in [6, 6.07) is 16.4. The number of carbonyl (C=O) groups excluding carboxylic acids is 1. The molecule has 0 aliphatic carbocycles. The third kappa shape index (κ3) is 4.43. The minimum absolute atomic E-state index is 0.0959. The molecule has 0 unspecified atom stereocenters. The van der Waals surface area contributed by atoms with Gasteiger partial charge in [0.1, 0.15) is 11.5 Å². The van der Waals surface area contributed by atoms with E-state index in [1.165, 1.54) is 11.7 Å². The Bertz CT molecular complexity index is 1150. The zero-order valence-corrected chi connectivity index (χ0v) is 16.9. The quantitative estimate of drug-likeness (QED) is 0.579. The van der Waals surface area contributed by atoms with E-state index in [0.29, 0.717) is 18.7 Å². The van der Waals surface area contributed by atoms with Crippen LogP contribution in [0.15, 0.2) is 64.2 Å². The Kier molecular flexibility index (Phi) is 6.36. The number of aromatic amines is 1. The van der Waals surface area contributed by atoms with Crippen molar-refractivity contribution in [1.29, 1.82) is 0 Å². The average Bonchev–Trinajstić information content (AvgIpc) is 2.76. The zero-order valence-electron chi connectivity index (χ0n) is 16.9. The molecule has 2 aromatic carbocycles. The van der Waals surface area contributed by atoms with Gasteiger partial charge in [0, 0.05) is 13.1 Å². The van der Waals surface area contributed by atoms with Gasteiger partial charge in [-0.15, -0.1) is 0 Å². The van der Waals surface area contributed by atoms with E-state index >= 15 is 0 Å². The molecule has 0 aliphatic rings. The molecule has 0 amide bonds. The Morgan fingerprint density at radius 1 is 1.10 bits per heavy atom. The van der Waals surface area contributed by atoms with Crippen LogP contribution in [0, 0.1) is 0 Å². The molecule has 0 atom stereocenters. The number of esters is 1. The summed E-state index contributed by atoms with van der Waals surface area (Å²) in [5, 5.41) is 0. The number of anilines is 2. The number of methoxy groups -OCH3 is 1. The number of nitrogens with two attached hydrogens (primary N) is 1. The maximum absolute atomic E-state index is 12.6. The molecule has 3 N–H and O–H groups in total. The van der Waals surface area contributed by atoms with E-state index in [-0.39, 0.29) is 18.1 Å². The Morgan fingerprint density at radius 2 is 1.80 bits per heavy atom. The summed E-state index contributed by atoms with van der Waals surface area (Å²) in [5.41, 5.74) is 7.51. The zero-order chi connectivity index (χ0) is 21.7. The first-order chi connectivity index (χ1) is 14.4. The highest BCUT2D eigenvalue weighted by molar-refractivity contribution is 5.89. The number of carbonyl (C=O) groups is 1. The van der Waals surface area contributed by atoms with Crippen molar-refractivity contribution in [1.82, 2.24) is 9.55 Å². The van der Waals surface area contributed by atoms with Crippen molar-refractivity contribution in [3.05, 3.63) is 92.1 Å². The highest BCUT2D eigenvalue weighted by Crippen LogP contribution is 2.20. The molecule has 0 aliphatic heterocycles. The number of nitrogens with zero attached hydrogens (tertiary/aromatic N) is 2. The van der Waals surface area contributed by atoms with Gasteiger partial charge in [-0.3, -0.25) is 14.3 Å². The van der Waals surface area contributed by atoms with Crippen LogP contribution in [0.3, 0.4) is 0 Å². The Morgan fingerprint density at radius 3 is 2.47 bits per heavy atom. The normalized spacial score (nSPS) is 10.6. The Balaban J connectivity index is 1.98. The van der Waals surface area contributed by atoms with Gasteiger partial charge in [0.05, 0.1) is 19.2 Å². The van der Waals surface area contributed by atoms with Gasteiger partial charge < -0.3 is 15.4 Å². The standard InChI is InChI=1S/C22H24N4O4/c1-3-25(13-16-10-7-11-17(12-16)21(28)30-2)18-19(23)26(22(29)24-20(18)27)14-15-8-5-4-6-9-15/h4-12H,3,13-14,23H2,1-2H3,(H,24,27,29). The van der Waals surface area contributed by atoms with Crippen LogP contribution in [0.1, 0.15) is 28.4 Å². The van der Waals surface area contributed by atoms with Gasteiger partial charge in [0.25, 0.3) is 5.56 Å². The number of ether oxygens (including phenoxy) is 1. The summed E-state index contributed by atoms with van der Waals surface area (Å²) in [4.78, 5) is 40.9.